The summed E-state index contributed by atoms with van der Waals surface area (Å²) in [6, 6.07) is 9.10. The van der Waals surface area contributed by atoms with Gasteiger partial charge in [0.25, 0.3) is 11.8 Å². The lowest BCUT2D eigenvalue weighted by molar-refractivity contribution is 0.0949. The zero-order chi connectivity index (χ0) is 19.9. The highest BCUT2D eigenvalue weighted by molar-refractivity contribution is 7.12. The van der Waals surface area contributed by atoms with E-state index >= 15 is 0 Å². The van der Waals surface area contributed by atoms with Crippen molar-refractivity contribution in [2.24, 2.45) is 0 Å². The fourth-order valence-corrected chi connectivity index (χ4v) is 4.27. The Morgan fingerprint density at radius 3 is 2.86 bits per heavy atom. The molecule has 0 bridgehead atoms. The quantitative estimate of drug-likeness (QED) is 0.642. The highest BCUT2D eigenvalue weighted by atomic mass is 35.5. The van der Waals surface area contributed by atoms with E-state index in [0.717, 1.165) is 19.5 Å². The van der Waals surface area contributed by atoms with Gasteiger partial charge in [0.15, 0.2) is 0 Å². The molecule has 3 rings (SSSR count). The lowest BCUT2D eigenvalue weighted by Gasteiger charge is -2.33. The maximum absolute atomic E-state index is 12.6. The van der Waals surface area contributed by atoms with Crippen molar-refractivity contribution in [1.82, 2.24) is 10.2 Å². The Labute approximate surface area is 175 Å². The van der Waals surface area contributed by atoms with E-state index < -0.39 is 0 Å². The number of rotatable bonds is 7. The standard InChI is InChI=1S/C21H26ClN3O2S/c1-15-6-2-3-11-25(15)12-5-10-23-20(26)17-9-8-16(22)14-18(17)24-21(27)19-7-4-13-28-19/h4,7-9,13-15H,2-3,5-6,10-12H2,1H3,(H,23,26)(H,24,27)/t15-/m0/s1. The highest BCUT2D eigenvalue weighted by Crippen LogP contribution is 2.23. The van der Waals surface area contributed by atoms with E-state index in [9.17, 15) is 9.59 Å². The van der Waals surface area contributed by atoms with Gasteiger partial charge < -0.3 is 15.5 Å². The predicted octanol–water partition coefficient (Wildman–Crippen LogP) is 4.65. The Morgan fingerprint density at radius 1 is 1.25 bits per heavy atom. The molecule has 7 heteroatoms. The van der Waals surface area contributed by atoms with Crippen LogP contribution in [0.1, 0.15) is 52.6 Å². The number of halogens is 1. The first-order valence-electron chi connectivity index (χ1n) is 9.71. The molecule has 1 aromatic heterocycles. The van der Waals surface area contributed by atoms with Crippen molar-refractivity contribution >= 4 is 40.4 Å². The molecule has 150 valence electrons. The van der Waals surface area contributed by atoms with Crippen LogP contribution in [0.15, 0.2) is 35.7 Å². The first kappa shape index (κ1) is 20.8. The highest BCUT2D eigenvalue weighted by Gasteiger charge is 2.18. The van der Waals surface area contributed by atoms with Crippen LogP contribution in [0.3, 0.4) is 0 Å². The van der Waals surface area contributed by atoms with Gasteiger partial charge in [-0.05, 0) is 62.4 Å². The maximum Gasteiger partial charge on any atom is 0.265 e. The van der Waals surface area contributed by atoms with E-state index in [0.29, 0.717) is 33.7 Å². The molecule has 0 aliphatic carbocycles. The minimum atomic E-state index is -0.245. The number of piperidine rings is 1. The van der Waals surface area contributed by atoms with Gasteiger partial charge in [0.2, 0.25) is 0 Å². The second kappa shape index (κ2) is 10.0. The summed E-state index contributed by atoms with van der Waals surface area (Å²) in [4.78, 5) is 28.1. The van der Waals surface area contributed by atoms with Crippen LogP contribution >= 0.6 is 22.9 Å². The topological polar surface area (TPSA) is 61.4 Å². The summed E-state index contributed by atoms with van der Waals surface area (Å²) in [5, 5.41) is 8.07. The molecule has 2 heterocycles. The van der Waals surface area contributed by atoms with Crippen LogP contribution in [0, 0.1) is 0 Å². The smallest absolute Gasteiger partial charge is 0.265 e. The van der Waals surface area contributed by atoms with Gasteiger partial charge in [-0.1, -0.05) is 24.1 Å². The number of anilines is 1. The maximum atomic E-state index is 12.6. The van der Waals surface area contributed by atoms with Crippen LogP contribution in [0.5, 0.6) is 0 Å². The summed E-state index contributed by atoms with van der Waals surface area (Å²) in [7, 11) is 0. The van der Waals surface area contributed by atoms with Crippen molar-refractivity contribution in [2.75, 3.05) is 25.0 Å². The predicted molar refractivity (Wildman–Crippen MR) is 116 cm³/mol. The van der Waals surface area contributed by atoms with E-state index in [-0.39, 0.29) is 11.8 Å². The number of carbonyl (C=O) groups is 2. The molecule has 2 aromatic rings. The number of benzene rings is 1. The second-order valence-electron chi connectivity index (χ2n) is 7.11. The average Bonchev–Trinajstić information content (AvgIpc) is 3.21. The lowest BCUT2D eigenvalue weighted by Crippen LogP contribution is -2.39. The van der Waals surface area contributed by atoms with E-state index in [1.807, 2.05) is 11.4 Å². The number of nitrogens with zero attached hydrogens (tertiary/aromatic N) is 1. The van der Waals surface area contributed by atoms with E-state index in [1.165, 1.54) is 30.6 Å². The molecule has 0 unspecified atom stereocenters. The van der Waals surface area contributed by atoms with Crippen molar-refractivity contribution in [1.29, 1.82) is 0 Å². The molecule has 1 saturated heterocycles. The number of carbonyl (C=O) groups excluding carboxylic acids is 2. The Hall–Kier alpha value is -1.89. The molecule has 0 saturated carbocycles. The summed E-state index contributed by atoms with van der Waals surface area (Å²) in [5.74, 6) is -0.449. The molecule has 0 spiro atoms. The van der Waals surface area contributed by atoms with Crippen LogP contribution < -0.4 is 10.6 Å². The Bertz CT molecular complexity index is 810. The van der Waals surface area contributed by atoms with Crippen molar-refractivity contribution in [3.63, 3.8) is 0 Å². The number of hydrogen-bond donors (Lipinski definition) is 2. The first-order chi connectivity index (χ1) is 13.5. The van der Waals surface area contributed by atoms with Crippen LogP contribution in [-0.4, -0.2) is 42.4 Å². The lowest BCUT2D eigenvalue weighted by atomic mass is 10.0. The first-order valence-corrected chi connectivity index (χ1v) is 11.0. The molecular formula is C21H26ClN3O2S. The summed E-state index contributed by atoms with van der Waals surface area (Å²) in [6.07, 6.45) is 4.73. The fraction of sp³-hybridized carbons (Fsp3) is 0.429. The third-order valence-electron chi connectivity index (χ3n) is 5.07. The molecule has 2 amide bonds. The number of thiophene rings is 1. The zero-order valence-electron chi connectivity index (χ0n) is 16.0. The number of nitrogens with one attached hydrogen (secondary N) is 2. The molecule has 5 nitrogen and oxygen atoms in total. The monoisotopic (exact) mass is 419 g/mol. The molecule has 28 heavy (non-hydrogen) atoms. The van der Waals surface area contributed by atoms with Crippen LogP contribution in [0.25, 0.3) is 0 Å². The summed E-state index contributed by atoms with van der Waals surface area (Å²) >= 11 is 7.42. The molecule has 1 fully saturated rings. The Balaban J connectivity index is 1.56. The Kier molecular flexibility index (Phi) is 7.48. The van der Waals surface area contributed by atoms with Crippen LogP contribution in [0.4, 0.5) is 5.69 Å². The summed E-state index contributed by atoms with van der Waals surface area (Å²) in [6.45, 7) is 5.01. The van der Waals surface area contributed by atoms with Crippen molar-refractivity contribution in [3.05, 3.63) is 51.2 Å². The third kappa shape index (κ3) is 5.56. The minimum Gasteiger partial charge on any atom is -0.352 e. The van der Waals surface area contributed by atoms with Crippen molar-refractivity contribution in [3.8, 4) is 0 Å². The van der Waals surface area contributed by atoms with Gasteiger partial charge >= 0.3 is 0 Å². The molecule has 1 atom stereocenters. The van der Waals surface area contributed by atoms with Gasteiger partial charge in [-0.15, -0.1) is 11.3 Å². The van der Waals surface area contributed by atoms with Gasteiger partial charge in [-0.2, -0.15) is 0 Å². The summed E-state index contributed by atoms with van der Waals surface area (Å²) in [5.41, 5.74) is 0.841. The molecule has 1 aliphatic rings. The minimum absolute atomic E-state index is 0.204. The van der Waals surface area contributed by atoms with Gasteiger partial charge in [0.1, 0.15) is 0 Å². The van der Waals surface area contributed by atoms with E-state index in [4.69, 9.17) is 11.6 Å². The number of hydrogen-bond acceptors (Lipinski definition) is 4. The number of amides is 2. The Morgan fingerprint density at radius 2 is 2.11 bits per heavy atom. The van der Waals surface area contributed by atoms with Crippen LogP contribution in [0.2, 0.25) is 5.02 Å². The second-order valence-corrected chi connectivity index (χ2v) is 8.50. The molecular weight excluding hydrogens is 394 g/mol. The fourth-order valence-electron chi connectivity index (χ4n) is 3.48. The van der Waals surface area contributed by atoms with Crippen molar-refractivity contribution in [2.45, 2.75) is 38.6 Å². The van der Waals surface area contributed by atoms with Gasteiger partial charge in [-0.25, -0.2) is 0 Å². The molecule has 2 N–H and O–H groups in total. The van der Waals surface area contributed by atoms with E-state index in [2.05, 4.69) is 22.5 Å². The van der Waals surface area contributed by atoms with E-state index in [1.54, 1.807) is 24.3 Å². The van der Waals surface area contributed by atoms with Gasteiger partial charge in [0.05, 0.1) is 16.1 Å². The third-order valence-corrected chi connectivity index (χ3v) is 6.17. The van der Waals surface area contributed by atoms with Crippen molar-refractivity contribution < 1.29 is 9.59 Å². The average molecular weight is 420 g/mol. The zero-order valence-corrected chi connectivity index (χ0v) is 17.6. The van der Waals surface area contributed by atoms with Crippen LogP contribution in [-0.2, 0) is 0 Å². The SMILES string of the molecule is C[C@H]1CCCCN1CCCNC(=O)c1ccc(Cl)cc1NC(=O)c1cccs1. The van der Waals surface area contributed by atoms with Gasteiger partial charge in [-0.3, -0.25) is 9.59 Å². The summed E-state index contributed by atoms with van der Waals surface area (Å²) < 4.78 is 0. The molecule has 0 radical (unpaired) electrons. The largest absolute Gasteiger partial charge is 0.352 e. The molecule has 1 aromatic carbocycles. The number of likely N-dealkylation sites (tertiary alicyclic amines) is 1. The normalized spacial score (nSPS) is 17.3. The van der Waals surface area contributed by atoms with Gasteiger partial charge in [0, 0.05) is 24.2 Å². The molecule has 1 aliphatic heterocycles.